The number of nitrogens with zero attached hydrogens (tertiary/aromatic N) is 1. The summed E-state index contributed by atoms with van der Waals surface area (Å²) in [6.45, 7) is 10.5. The van der Waals surface area contributed by atoms with E-state index in [9.17, 15) is 5.11 Å². The van der Waals surface area contributed by atoms with Gasteiger partial charge in [-0.3, -0.25) is 0 Å². The van der Waals surface area contributed by atoms with Crippen LogP contribution < -0.4 is 10.2 Å². The minimum Gasteiger partial charge on any atom is -0.394 e. The van der Waals surface area contributed by atoms with Crippen molar-refractivity contribution in [2.24, 2.45) is 5.92 Å². The van der Waals surface area contributed by atoms with Crippen LogP contribution in [0.4, 0.5) is 5.69 Å². The number of anilines is 1. The van der Waals surface area contributed by atoms with Crippen LogP contribution >= 0.6 is 15.9 Å². The zero-order valence-corrected chi connectivity index (χ0v) is 14.8. The van der Waals surface area contributed by atoms with Crippen LogP contribution in [0, 0.1) is 5.92 Å². The maximum atomic E-state index is 9.45. The lowest BCUT2D eigenvalue weighted by molar-refractivity contribution is 0.216. The molecule has 0 aliphatic carbocycles. The molecular formula is C16H27BrN2O. The molecule has 4 heteroatoms. The Morgan fingerprint density at radius 2 is 2.00 bits per heavy atom. The fourth-order valence-corrected chi connectivity index (χ4v) is 2.35. The van der Waals surface area contributed by atoms with Crippen molar-refractivity contribution in [2.45, 2.75) is 39.8 Å². The van der Waals surface area contributed by atoms with Gasteiger partial charge in [0.2, 0.25) is 0 Å². The van der Waals surface area contributed by atoms with E-state index in [1.54, 1.807) is 0 Å². The molecule has 0 spiro atoms. The molecule has 0 radical (unpaired) electrons. The van der Waals surface area contributed by atoms with Crippen molar-refractivity contribution in [1.82, 2.24) is 5.32 Å². The summed E-state index contributed by atoms with van der Waals surface area (Å²) >= 11 is 3.64. The van der Waals surface area contributed by atoms with Crippen molar-refractivity contribution in [3.05, 3.63) is 28.2 Å². The van der Waals surface area contributed by atoms with Crippen LogP contribution in [-0.2, 0) is 6.54 Å². The maximum absolute atomic E-state index is 9.45. The zero-order valence-electron chi connectivity index (χ0n) is 13.2. The quantitative estimate of drug-likeness (QED) is 0.797. The van der Waals surface area contributed by atoms with Gasteiger partial charge in [0.15, 0.2) is 0 Å². The number of halogens is 1. The summed E-state index contributed by atoms with van der Waals surface area (Å²) in [5.41, 5.74) is 2.09. The van der Waals surface area contributed by atoms with Gasteiger partial charge in [-0.1, -0.05) is 35.8 Å². The van der Waals surface area contributed by atoms with Gasteiger partial charge < -0.3 is 15.3 Å². The van der Waals surface area contributed by atoms with Crippen LogP contribution in [0.1, 0.15) is 33.3 Å². The Kier molecular flexibility index (Phi) is 6.49. The lowest BCUT2D eigenvalue weighted by atomic mass is 10.0. The number of rotatable bonds is 7. The van der Waals surface area contributed by atoms with E-state index in [-0.39, 0.29) is 12.1 Å². The average Bonchev–Trinajstić information content (AvgIpc) is 2.39. The van der Waals surface area contributed by atoms with E-state index in [0.717, 1.165) is 23.2 Å². The monoisotopic (exact) mass is 342 g/mol. The van der Waals surface area contributed by atoms with E-state index < -0.39 is 0 Å². The lowest BCUT2D eigenvalue weighted by Crippen LogP contribution is -2.44. The molecule has 1 aromatic rings. The zero-order chi connectivity index (χ0) is 15.3. The highest BCUT2D eigenvalue weighted by Crippen LogP contribution is 2.27. The number of aliphatic hydroxyl groups excluding tert-OH is 1. The Labute approximate surface area is 131 Å². The molecule has 0 heterocycles. The summed E-state index contributed by atoms with van der Waals surface area (Å²) in [4.78, 5) is 2.10. The fraction of sp³-hybridized carbons (Fsp3) is 0.625. The molecule has 3 nitrogen and oxygen atoms in total. The maximum Gasteiger partial charge on any atom is 0.0658 e. The van der Waals surface area contributed by atoms with E-state index >= 15 is 0 Å². The number of aliphatic hydroxyl groups is 1. The van der Waals surface area contributed by atoms with E-state index in [0.29, 0.717) is 5.92 Å². The van der Waals surface area contributed by atoms with Crippen LogP contribution in [0.25, 0.3) is 0 Å². The van der Waals surface area contributed by atoms with E-state index in [2.05, 4.69) is 58.2 Å². The first-order valence-electron chi connectivity index (χ1n) is 7.11. The van der Waals surface area contributed by atoms with Gasteiger partial charge in [-0.15, -0.1) is 0 Å². The molecule has 0 amide bonds. The van der Waals surface area contributed by atoms with Crippen molar-refractivity contribution < 1.29 is 5.11 Å². The van der Waals surface area contributed by atoms with Gasteiger partial charge in [-0.2, -0.15) is 0 Å². The predicted molar refractivity (Wildman–Crippen MR) is 90.3 cm³/mol. The number of hydrogen-bond donors (Lipinski definition) is 2. The van der Waals surface area contributed by atoms with Gasteiger partial charge in [0.25, 0.3) is 0 Å². The molecule has 2 N–H and O–H groups in total. The predicted octanol–water partition coefficient (Wildman–Crippen LogP) is 3.40. The molecule has 0 saturated heterocycles. The van der Waals surface area contributed by atoms with Gasteiger partial charge in [0.05, 0.1) is 12.1 Å². The summed E-state index contributed by atoms with van der Waals surface area (Å²) in [6, 6.07) is 6.36. The lowest BCUT2D eigenvalue weighted by Gasteiger charge is -2.36. The summed E-state index contributed by atoms with van der Waals surface area (Å²) in [6.07, 6.45) is 0. The van der Waals surface area contributed by atoms with Crippen molar-refractivity contribution in [1.29, 1.82) is 0 Å². The number of likely N-dealkylation sites (N-methyl/N-ethyl adjacent to an activating group) is 1. The molecule has 0 fully saturated rings. The average molecular weight is 343 g/mol. The molecule has 114 valence electrons. The first-order chi connectivity index (χ1) is 9.27. The van der Waals surface area contributed by atoms with Crippen molar-refractivity contribution in [2.75, 3.05) is 25.1 Å². The Hall–Kier alpha value is -0.580. The molecule has 0 aliphatic heterocycles. The Balaban J connectivity index is 2.77. The molecule has 1 rings (SSSR count). The van der Waals surface area contributed by atoms with Crippen LogP contribution in [-0.4, -0.2) is 30.8 Å². The van der Waals surface area contributed by atoms with Gasteiger partial charge in [-0.05, 0) is 44.0 Å². The first kappa shape index (κ1) is 17.5. The molecule has 20 heavy (non-hydrogen) atoms. The standard InChI is InChI=1S/C16H27BrN2O/c1-12(2)9-18-10-13-6-7-14(8-15(13)17)19(5)16(3,4)11-20/h6-8,12,18,20H,9-11H2,1-5H3. The molecule has 1 aromatic carbocycles. The second-order valence-corrected chi connectivity index (χ2v) is 7.18. The number of hydrogen-bond acceptors (Lipinski definition) is 3. The molecular weight excluding hydrogens is 316 g/mol. The van der Waals surface area contributed by atoms with Crippen LogP contribution in [0.2, 0.25) is 0 Å². The summed E-state index contributed by atoms with van der Waals surface area (Å²) in [5, 5.41) is 12.9. The molecule has 0 bridgehead atoms. The number of nitrogens with one attached hydrogen (secondary N) is 1. The summed E-state index contributed by atoms with van der Waals surface area (Å²) in [5.74, 6) is 0.657. The van der Waals surface area contributed by atoms with Gasteiger partial charge in [0.1, 0.15) is 0 Å². The second kappa shape index (κ2) is 7.43. The molecule has 0 atom stereocenters. The minimum atomic E-state index is -0.267. The van der Waals surface area contributed by atoms with E-state index in [1.165, 1.54) is 5.56 Å². The highest BCUT2D eigenvalue weighted by atomic mass is 79.9. The van der Waals surface area contributed by atoms with Crippen LogP contribution in [0.5, 0.6) is 0 Å². The Morgan fingerprint density at radius 3 is 2.50 bits per heavy atom. The normalized spacial score (nSPS) is 12.0. The summed E-state index contributed by atoms with van der Waals surface area (Å²) in [7, 11) is 2.01. The molecule has 0 saturated carbocycles. The van der Waals surface area contributed by atoms with Gasteiger partial charge in [0, 0.05) is 23.8 Å². The third-order valence-corrected chi connectivity index (χ3v) is 4.33. The van der Waals surface area contributed by atoms with E-state index in [1.807, 2.05) is 20.9 Å². The Morgan fingerprint density at radius 1 is 1.35 bits per heavy atom. The summed E-state index contributed by atoms with van der Waals surface area (Å²) < 4.78 is 1.10. The van der Waals surface area contributed by atoms with Gasteiger partial charge in [-0.25, -0.2) is 0 Å². The van der Waals surface area contributed by atoms with E-state index in [4.69, 9.17) is 0 Å². The third-order valence-electron chi connectivity index (χ3n) is 3.59. The molecule has 0 aromatic heterocycles. The van der Waals surface area contributed by atoms with Crippen LogP contribution in [0.15, 0.2) is 22.7 Å². The second-order valence-electron chi connectivity index (χ2n) is 6.33. The largest absolute Gasteiger partial charge is 0.394 e. The van der Waals surface area contributed by atoms with Crippen LogP contribution in [0.3, 0.4) is 0 Å². The number of benzene rings is 1. The van der Waals surface area contributed by atoms with Crippen molar-refractivity contribution >= 4 is 21.6 Å². The highest BCUT2D eigenvalue weighted by molar-refractivity contribution is 9.10. The highest BCUT2D eigenvalue weighted by Gasteiger charge is 2.23. The topological polar surface area (TPSA) is 35.5 Å². The SMILES string of the molecule is CC(C)CNCc1ccc(N(C)C(C)(C)CO)cc1Br. The first-order valence-corrected chi connectivity index (χ1v) is 7.91. The van der Waals surface area contributed by atoms with Gasteiger partial charge >= 0.3 is 0 Å². The minimum absolute atomic E-state index is 0.124. The third kappa shape index (κ3) is 4.76. The van der Waals surface area contributed by atoms with Crippen molar-refractivity contribution in [3.63, 3.8) is 0 Å². The smallest absolute Gasteiger partial charge is 0.0658 e. The Bertz CT molecular complexity index is 432. The fourth-order valence-electron chi connectivity index (χ4n) is 1.84. The molecule has 0 aliphatic rings. The van der Waals surface area contributed by atoms with Crippen molar-refractivity contribution in [3.8, 4) is 0 Å². The molecule has 0 unspecified atom stereocenters.